The standard InChI is InChI=1S/C21H30N2O4/c1-26-16-20(24)23-13-5-6-17(14-23)15-27-19-9-7-18(8-10-19)21(25)22-11-3-2-4-12-22/h7-10,17H,2-6,11-16H2,1H3/t17-/m1/s1. The maximum atomic E-state index is 12.5. The predicted octanol–water partition coefficient (Wildman–Crippen LogP) is 2.58. The molecule has 0 aliphatic carbocycles. The number of carbonyl (C=O) groups excluding carboxylic acids is 2. The van der Waals surface area contributed by atoms with Gasteiger partial charge in [0, 0.05) is 44.8 Å². The smallest absolute Gasteiger partial charge is 0.253 e. The van der Waals surface area contributed by atoms with Crippen LogP contribution in [0.4, 0.5) is 0 Å². The maximum absolute atomic E-state index is 12.5. The number of piperidine rings is 2. The van der Waals surface area contributed by atoms with Crippen LogP contribution in [0.5, 0.6) is 5.75 Å². The van der Waals surface area contributed by atoms with E-state index in [0.717, 1.165) is 56.6 Å². The number of nitrogens with zero attached hydrogens (tertiary/aromatic N) is 2. The van der Waals surface area contributed by atoms with Gasteiger partial charge in [-0.3, -0.25) is 9.59 Å². The second-order valence-electron chi connectivity index (χ2n) is 7.47. The zero-order valence-corrected chi connectivity index (χ0v) is 16.2. The van der Waals surface area contributed by atoms with Crippen LogP contribution in [0.25, 0.3) is 0 Å². The van der Waals surface area contributed by atoms with Gasteiger partial charge >= 0.3 is 0 Å². The third-order valence-electron chi connectivity index (χ3n) is 5.37. The van der Waals surface area contributed by atoms with Gasteiger partial charge < -0.3 is 19.3 Å². The number of carbonyl (C=O) groups is 2. The van der Waals surface area contributed by atoms with Crippen LogP contribution in [0.2, 0.25) is 0 Å². The highest BCUT2D eigenvalue weighted by molar-refractivity contribution is 5.94. The molecule has 2 saturated heterocycles. The van der Waals surface area contributed by atoms with Gasteiger partial charge in [0.15, 0.2) is 0 Å². The van der Waals surface area contributed by atoms with Gasteiger partial charge in [-0.25, -0.2) is 0 Å². The summed E-state index contributed by atoms with van der Waals surface area (Å²) in [6, 6.07) is 7.44. The Bertz CT molecular complexity index is 626. The van der Waals surface area contributed by atoms with Crippen LogP contribution < -0.4 is 4.74 Å². The summed E-state index contributed by atoms with van der Waals surface area (Å²) >= 11 is 0. The van der Waals surface area contributed by atoms with Crippen molar-refractivity contribution in [2.75, 3.05) is 46.5 Å². The Labute approximate surface area is 161 Å². The van der Waals surface area contributed by atoms with E-state index in [1.54, 1.807) is 7.11 Å². The molecule has 2 aliphatic rings. The number of hydrogen-bond donors (Lipinski definition) is 0. The minimum absolute atomic E-state index is 0.0442. The first-order valence-electron chi connectivity index (χ1n) is 9.96. The lowest BCUT2D eigenvalue weighted by molar-refractivity contribution is -0.137. The molecule has 3 rings (SSSR count). The highest BCUT2D eigenvalue weighted by atomic mass is 16.5. The van der Waals surface area contributed by atoms with Gasteiger partial charge in [0.05, 0.1) is 6.61 Å². The van der Waals surface area contributed by atoms with Crippen molar-refractivity contribution < 1.29 is 19.1 Å². The Morgan fingerprint density at radius 1 is 1.00 bits per heavy atom. The van der Waals surface area contributed by atoms with Crippen LogP contribution in [0.1, 0.15) is 42.5 Å². The molecule has 0 unspecified atom stereocenters. The lowest BCUT2D eigenvalue weighted by atomic mass is 9.99. The number of likely N-dealkylation sites (tertiary alicyclic amines) is 2. The number of methoxy groups -OCH3 is 1. The fourth-order valence-corrected chi connectivity index (χ4v) is 3.83. The Morgan fingerprint density at radius 2 is 1.70 bits per heavy atom. The van der Waals surface area contributed by atoms with Gasteiger partial charge in [0.25, 0.3) is 5.91 Å². The second kappa shape index (κ2) is 9.74. The molecular formula is C21H30N2O4. The van der Waals surface area contributed by atoms with Gasteiger partial charge in [-0.2, -0.15) is 0 Å². The fraction of sp³-hybridized carbons (Fsp3) is 0.619. The number of ether oxygens (including phenoxy) is 2. The monoisotopic (exact) mass is 374 g/mol. The molecule has 1 aromatic rings. The van der Waals surface area contributed by atoms with Crippen LogP contribution in [-0.2, 0) is 9.53 Å². The summed E-state index contributed by atoms with van der Waals surface area (Å²) in [6.45, 7) is 3.95. The van der Waals surface area contributed by atoms with Crippen molar-refractivity contribution in [3.8, 4) is 5.75 Å². The van der Waals surface area contributed by atoms with E-state index in [2.05, 4.69) is 0 Å². The normalized spacial score (nSPS) is 20.4. The summed E-state index contributed by atoms with van der Waals surface area (Å²) in [5, 5.41) is 0. The Morgan fingerprint density at radius 3 is 2.41 bits per heavy atom. The van der Waals surface area contributed by atoms with Crippen LogP contribution >= 0.6 is 0 Å². The minimum atomic E-state index is 0.0442. The quantitative estimate of drug-likeness (QED) is 0.768. The average Bonchev–Trinajstić information content (AvgIpc) is 2.73. The fourth-order valence-electron chi connectivity index (χ4n) is 3.83. The number of benzene rings is 1. The molecule has 2 heterocycles. The van der Waals surface area contributed by atoms with Crippen molar-refractivity contribution in [1.82, 2.24) is 9.80 Å². The van der Waals surface area contributed by atoms with E-state index < -0.39 is 0 Å². The number of rotatable bonds is 6. The third-order valence-corrected chi connectivity index (χ3v) is 5.37. The van der Waals surface area contributed by atoms with Gasteiger partial charge in [0.1, 0.15) is 12.4 Å². The SMILES string of the molecule is COCC(=O)N1CCC[C@@H](COc2ccc(C(=O)N3CCCCC3)cc2)C1. The van der Waals surface area contributed by atoms with Crippen molar-refractivity contribution in [2.24, 2.45) is 5.92 Å². The van der Waals surface area contributed by atoms with E-state index in [-0.39, 0.29) is 18.4 Å². The lowest BCUT2D eigenvalue weighted by Gasteiger charge is -2.32. The van der Waals surface area contributed by atoms with E-state index in [1.165, 1.54) is 6.42 Å². The molecule has 1 aromatic carbocycles. The van der Waals surface area contributed by atoms with Crippen molar-refractivity contribution in [3.63, 3.8) is 0 Å². The molecular weight excluding hydrogens is 344 g/mol. The Balaban J connectivity index is 1.48. The average molecular weight is 374 g/mol. The maximum Gasteiger partial charge on any atom is 0.253 e. The van der Waals surface area contributed by atoms with Crippen molar-refractivity contribution >= 4 is 11.8 Å². The second-order valence-corrected chi connectivity index (χ2v) is 7.47. The minimum Gasteiger partial charge on any atom is -0.493 e. The van der Waals surface area contributed by atoms with Crippen LogP contribution in [0, 0.1) is 5.92 Å². The first-order valence-corrected chi connectivity index (χ1v) is 9.96. The Hall–Kier alpha value is -2.08. The van der Waals surface area contributed by atoms with Crippen molar-refractivity contribution in [1.29, 1.82) is 0 Å². The van der Waals surface area contributed by atoms with Crippen molar-refractivity contribution in [3.05, 3.63) is 29.8 Å². The predicted molar refractivity (Wildman–Crippen MR) is 103 cm³/mol. The van der Waals surface area contributed by atoms with Crippen LogP contribution in [0.3, 0.4) is 0 Å². The molecule has 0 bridgehead atoms. The summed E-state index contributed by atoms with van der Waals surface area (Å²) in [5.41, 5.74) is 0.721. The molecule has 2 aliphatic heterocycles. The first-order chi connectivity index (χ1) is 13.2. The van der Waals surface area contributed by atoms with E-state index in [4.69, 9.17) is 9.47 Å². The molecule has 0 aromatic heterocycles. The number of hydrogen-bond acceptors (Lipinski definition) is 4. The van der Waals surface area contributed by atoms with E-state index in [1.807, 2.05) is 34.1 Å². The molecule has 0 radical (unpaired) electrons. The molecule has 0 saturated carbocycles. The summed E-state index contributed by atoms with van der Waals surface area (Å²) in [4.78, 5) is 28.3. The molecule has 1 atom stereocenters. The first kappa shape index (κ1) is 19.7. The van der Waals surface area contributed by atoms with Crippen molar-refractivity contribution in [2.45, 2.75) is 32.1 Å². The summed E-state index contributed by atoms with van der Waals surface area (Å²) in [7, 11) is 1.54. The molecule has 27 heavy (non-hydrogen) atoms. The van der Waals surface area contributed by atoms with Gasteiger partial charge in [-0.05, 0) is 56.4 Å². The molecule has 6 heteroatoms. The molecule has 6 nitrogen and oxygen atoms in total. The van der Waals surface area contributed by atoms with E-state index >= 15 is 0 Å². The molecule has 0 spiro atoms. The highest BCUT2D eigenvalue weighted by Crippen LogP contribution is 2.20. The zero-order valence-electron chi connectivity index (χ0n) is 16.2. The summed E-state index contributed by atoms with van der Waals surface area (Å²) in [6.07, 6.45) is 5.46. The van der Waals surface area contributed by atoms with Gasteiger partial charge in [0.2, 0.25) is 5.91 Å². The van der Waals surface area contributed by atoms with E-state index in [0.29, 0.717) is 19.1 Å². The molecule has 148 valence electrons. The summed E-state index contributed by atoms with van der Waals surface area (Å²) < 4.78 is 10.9. The Kier molecular flexibility index (Phi) is 7.10. The largest absolute Gasteiger partial charge is 0.493 e. The van der Waals surface area contributed by atoms with E-state index in [9.17, 15) is 9.59 Å². The molecule has 2 fully saturated rings. The summed E-state index contributed by atoms with van der Waals surface area (Å²) in [5.74, 6) is 1.25. The number of amides is 2. The van der Waals surface area contributed by atoms with Crippen LogP contribution in [-0.4, -0.2) is 68.1 Å². The van der Waals surface area contributed by atoms with Crippen LogP contribution in [0.15, 0.2) is 24.3 Å². The topological polar surface area (TPSA) is 59.1 Å². The molecule has 0 N–H and O–H groups in total. The zero-order chi connectivity index (χ0) is 19.1. The molecule has 2 amide bonds. The highest BCUT2D eigenvalue weighted by Gasteiger charge is 2.24. The van der Waals surface area contributed by atoms with Gasteiger partial charge in [-0.1, -0.05) is 0 Å². The lowest BCUT2D eigenvalue weighted by Crippen LogP contribution is -2.43. The third kappa shape index (κ3) is 5.45. The van der Waals surface area contributed by atoms with Gasteiger partial charge in [-0.15, -0.1) is 0 Å².